The third-order valence-electron chi connectivity index (χ3n) is 5.20. The summed E-state index contributed by atoms with van der Waals surface area (Å²) in [6.45, 7) is 3.80. The average molecular weight is 428 g/mol. The van der Waals surface area contributed by atoms with Crippen LogP contribution in [-0.4, -0.2) is 34.1 Å². The van der Waals surface area contributed by atoms with Crippen LogP contribution in [0.3, 0.4) is 0 Å². The van der Waals surface area contributed by atoms with Crippen molar-refractivity contribution in [3.8, 4) is 5.69 Å². The number of hydrazone groups is 1. The maximum atomic E-state index is 12.7. The Morgan fingerprint density at radius 1 is 1.03 bits per heavy atom. The fraction of sp³-hybridized carbons (Fsp3) is 0.318. The molecule has 0 saturated carbocycles. The maximum absolute atomic E-state index is 12.7. The van der Waals surface area contributed by atoms with Crippen molar-refractivity contribution in [3.05, 3.63) is 65.5 Å². The van der Waals surface area contributed by atoms with Crippen LogP contribution < -0.4 is 10.3 Å². The van der Waals surface area contributed by atoms with Crippen LogP contribution >= 0.6 is 0 Å². The van der Waals surface area contributed by atoms with Crippen molar-refractivity contribution in [2.24, 2.45) is 5.10 Å². The van der Waals surface area contributed by atoms with Gasteiger partial charge in [-0.15, -0.1) is 0 Å². The summed E-state index contributed by atoms with van der Waals surface area (Å²) in [5.41, 5.74) is 4.56. The van der Waals surface area contributed by atoms with E-state index in [9.17, 15) is 13.2 Å². The Morgan fingerprint density at radius 3 is 2.42 bits per heavy atom. The molecule has 0 atom stereocenters. The van der Waals surface area contributed by atoms with Gasteiger partial charge < -0.3 is 4.90 Å². The Hall–Kier alpha value is -3.36. The first-order valence-corrected chi connectivity index (χ1v) is 10.2. The molecule has 1 N–H and O–H groups in total. The summed E-state index contributed by atoms with van der Waals surface area (Å²) in [5.74, 6) is 1.20. The molecule has 1 aliphatic heterocycles. The van der Waals surface area contributed by atoms with Crippen molar-refractivity contribution < 1.29 is 13.2 Å². The lowest BCUT2D eigenvalue weighted by Crippen LogP contribution is -2.32. The molecule has 4 rings (SSSR count). The minimum absolute atomic E-state index is 0.233. The number of aromatic nitrogens is 3. The minimum atomic E-state index is -4.42. The zero-order chi connectivity index (χ0) is 21.8. The maximum Gasteiger partial charge on any atom is 0.417 e. The summed E-state index contributed by atoms with van der Waals surface area (Å²) in [7, 11) is 0. The number of nitrogens with zero attached hydrogens (tertiary/aromatic N) is 5. The van der Waals surface area contributed by atoms with Gasteiger partial charge in [-0.1, -0.05) is 18.2 Å². The van der Waals surface area contributed by atoms with Crippen molar-refractivity contribution in [3.63, 3.8) is 0 Å². The number of anilines is 2. The van der Waals surface area contributed by atoms with Crippen LogP contribution in [0.1, 0.15) is 36.1 Å². The van der Waals surface area contributed by atoms with E-state index in [0.717, 1.165) is 61.0 Å². The number of alkyl halides is 3. The Morgan fingerprint density at radius 2 is 1.77 bits per heavy atom. The minimum Gasteiger partial charge on any atom is -0.356 e. The number of rotatable bonds is 5. The van der Waals surface area contributed by atoms with Gasteiger partial charge in [0, 0.05) is 19.3 Å². The molecule has 2 aromatic heterocycles. The van der Waals surface area contributed by atoms with E-state index in [1.54, 1.807) is 6.21 Å². The molecule has 6 nitrogen and oxygen atoms in total. The predicted molar refractivity (Wildman–Crippen MR) is 115 cm³/mol. The number of para-hydroxylation sites is 1. The molecule has 0 aliphatic carbocycles. The first-order valence-electron chi connectivity index (χ1n) is 10.2. The van der Waals surface area contributed by atoms with Gasteiger partial charge in [-0.25, -0.2) is 9.67 Å². The van der Waals surface area contributed by atoms with E-state index in [4.69, 9.17) is 5.10 Å². The highest BCUT2D eigenvalue weighted by atomic mass is 19.4. The van der Waals surface area contributed by atoms with Crippen LogP contribution in [0.4, 0.5) is 24.8 Å². The van der Waals surface area contributed by atoms with Crippen molar-refractivity contribution in [2.75, 3.05) is 23.4 Å². The topological polar surface area (TPSA) is 58.3 Å². The van der Waals surface area contributed by atoms with Crippen LogP contribution in [0, 0.1) is 6.92 Å². The van der Waals surface area contributed by atoms with Gasteiger partial charge in [-0.3, -0.25) is 5.43 Å². The van der Waals surface area contributed by atoms with Crippen LogP contribution in [0.15, 0.2) is 53.8 Å². The summed E-state index contributed by atoms with van der Waals surface area (Å²) in [5, 5.41) is 8.96. The quantitative estimate of drug-likeness (QED) is 0.457. The second-order valence-corrected chi connectivity index (χ2v) is 7.42. The Labute approximate surface area is 178 Å². The molecule has 0 unspecified atom stereocenters. The summed E-state index contributed by atoms with van der Waals surface area (Å²) in [6.07, 6.45) is 1.47. The van der Waals surface area contributed by atoms with Crippen LogP contribution in [0.2, 0.25) is 0 Å². The number of piperidine rings is 1. The lowest BCUT2D eigenvalue weighted by Gasteiger charge is -2.29. The van der Waals surface area contributed by atoms with Crippen molar-refractivity contribution in [1.29, 1.82) is 0 Å². The lowest BCUT2D eigenvalue weighted by molar-refractivity contribution is -0.137. The Balaban J connectivity index is 1.62. The molecule has 9 heteroatoms. The van der Waals surface area contributed by atoms with Gasteiger partial charge in [-0.05, 0) is 50.5 Å². The molecule has 0 spiro atoms. The molecule has 3 aromatic rings. The summed E-state index contributed by atoms with van der Waals surface area (Å²) in [6, 6.07) is 12.1. The van der Waals surface area contributed by atoms with E-state index in [2.05, 4.69) is 20.4 Å². The summed E-state index contributed by atoms with van der Waals surface area (Å²) >= 11 is 0. The molecule has 0 radical (unpaired) electrons. The van der Waals surface area contributed by atoms with Gasteiger partial charge in [0.25, 0.3) is 0 Å². The Bertz CT molecular complexity index is 1040. The highest BCUT2D eigenvalue weighted by Crippen LogP contribution is 2.30. The number of halogens is 3. The van der Waals surface area contributed by atoms with E-state index >= 15 is 0 Å². The molecule has 162 valence electrons. The number of benzene rings is 1. The summed E-state index contributed by atoms with van der Waals surface area (Å²) < 4.78 is 40.0. The molecule has 1 fully saturated rings. The predicted octanol–water partition coefficient (Wildman–Crippen LogP) is 5.03. The van der Waals surface area contributed by atoms with E-state index in [1.165, 1.54) is 12.5 Å². The van der Waals surface area contributed by atoms with Crippen LogP contribution in [0.5, 0.6) is 0 Å². The zero-order valence-corrected chi connectivity index (χ0v) is 17.1. The molecule has 1 aromatic carbocycles. The average Bonchev–Trinajstić information content (AvgIpc) is 3.11. The second-order valence-electron chi connectivity index (χ2n) is 7.42. The van der Waals surface area contributed by atoms with Gasteiger partial charge in [-0.2, -0.15) is 23.4 Å². The van der Waals surface area contributed by atoms with E-state index in [-0.39, 0.29) is 5.82 Å². The first kappa shape index (κ1) is 20.9. The molecule has 1 saturated heterocycles. The number of pyridine rings is 1. The van der Waals surface area contributed by atoms with Gasteiger partial charge in [0.05, 0.1) is 28.7 Å². The first-order chi connectivity index (χ1) is 14.9. The van der Waals surface area contributed by atoms with Crippen LogP contribution in [-0.2, 0) is 6.18 Å². The van der Waals surface area contributed by atoms with E-state index < -0.39 is 11.7 Å². The van der Waals surface area contributed by atoms with Crippen molar-refractivity contribution >= 4 is 17.9 Å². The monoisotopic (exact) mass is 428 g/mol. The zero-order valence-electron chi connectivity index (χ0n) is 17.1. The second kappa shape index (κ2) is 8.79. The lowest BCUT2D eigenvalue weighted by atomic mass is 10.1. The van der Waals surface area contributed by atoms with Gasteiger partial charge >= 0.3 is 6.18 Å². The third kappa shape index (κ3) is 4.70. The highest BCUT2D eigenvalue weighted by molar-refractivity contribution is 5.89. The van der Waals surface area contributed by atoms with Crippen molar-refractivity contribution in [1.82, 2.24) is 14.8 Å². The van der Waals surface area contributed by atoms with Crippen molar-refractivity contribution in [2.45, 2.75) is 32.4 Å². The fourth-order valence-electron chi connectivity index (χ4n) is 3.63. The SMILES string of the molecule is Cc1nn(-c2ccccc2)c(N2CCCCC2)c1/C=N\Nc1ccc(C(F)(F)F)cn1. The van der Waals surface area contributed by atoms with Gasteiger partial charge in [0.1, 0.15) is 11.6 Å². The standard InChI is InChI=1S/C22H23F3N6/c1-16-19(15-27-28-20-11-10-17(14-26-20)22(23,24)25)21(30-12-6-3-7-13-30)31(29-16)18-8-4-2-5-9-18/h2,4-5,8-11,14-15H,3,6-7,12-13H2,1H3,(H,26,28)/b27-15-. The Kier molecular flexibility index (Phi) is 5.92. The number of hydrogen-bond donors (Lipinski definition) is 1. The molecular weight excluding hydrogens is 405 g/mol. The van der Waals surface area contributed by atoms with E-state index in [0.29, 0.717) is 0 Å². The highest BCUT2D eigenvalue weighted by Gasteiger charge is 2.30. The number of aryl methyl sites for hydroxylation is 1. The molecule has 1 aliphatic rings. The molecule has 3 heterocycles. The fourth-order valence-corrected chi connectivity index (χ4v) is 3.63. The van der Waals surface area contributed by atoms with E-state index in [1.807, 2.05) is 41.9 Å². The largest absolute Gasteiger partial charge is 0.417 e. The van der Waals surface area contributed by atoms with Gasteiger partial charge in [0.2, 0.25) is 0 Å². The normalized spacial score (nSPS) is 14.9. The smallest absolute Gasteiger partial charge is 0.356 e. The number of hydrogen-bond acceptors (Lipinski definition) is 5. The third-order valence-corrected chi connectivity index (χ3v) is 5.20. The molecule has 0 bridgehead atoms. The molecule has 0 amide bonds. The molecule has 31 heavy (non-hydrogen) atoms. The number of nitrogens with one attached hydrogen (secondary N) is 1. The van der Waals surface area contributed by atoms with Gasteiger partial charge in [0.15, 0.2) is 0 Å². The summed E-state index contributed by atoms with van der Waals surface area (Å²) in [4.78, 5) is 6.10. The van der Waals surface area contributed by atoms with Crippen LogP contribution in [0.25, 0.3) is 5.69 Å². The molecular formula is C22H23F3N6.